The Bertz CT molecular complexity index is 528. The van der Waals surface area contributed by atoms with E-state index in [2.05, 4.69) is 10.5 Å². The van der Waals surface area contributed by atoms with E-state index >= 15 is 0 Å². The fourth-order valence-corrected chi connectivity index (χ4v) is 2.24. The third kappa shape index (κ3) is 3.60. The Hall–Kier alpha value is -1.89. The molecule has 0 spiro atoms. The summed E-state index contributed by atoms with van der Waals surface area (Å²) in [6, 6.07) is 1.81. The van der Waals surface area contributed by atoms with Gasteiger partial charge in [-0.25, -0.2) is 0 Å². The second-order valence-corrected chi connectivity index (χ2v) is 5.34. The molecule has 1 aliphatic rings. The first-order chi connectivity index (χ1) is 9.94. The van der Waals surface area contributed by atoms with Crippen LogP contribution in [0.25, 0.3) is 0 Å². The van der Waals surface area contributed by atoms with Gasteiger partial charge in [-0.1, -0.05) is 12.1 Å². The number of aromatic nitrogens is 1. The molecule has 0 radical (unpaired) electrons. The van der Waals surface area contributed by atoms with Gasteiger partial charge in [-0.3, -0.25) is 9.59 Å². The summed E-state index contributed by atoms with van der Waals surface area (Å²) in [6.45, 7) is 6.54. The quantitative estimate of drug-likeness (QED) is 0.874. The molecule has 21 heavy (non-hydrogen) atoms. The molecule has 1 N–H and O–H groups in total. The van der Waals surface area contributed by atoms with E-state index < -0.39 is 5.60 Å². The van der Waals surface area contributed by atoms with Crippen molar-refractivity contribution in [1.82, 2.24) is 15.4 Å². The van der Waals surface area contributed by atoms with Crippen molar-refractivity contribution < 1.29 is 18.8 Å². The molecule has 7 nitrogen and oxygen atoms in total. The summed E-state index contributed by atoms with van der Waals surface area (Å²) < 4.78 is 10.7. The number of amides is 2. The fourth-order valence-electron chi connectivity index (χ4n) is 2.24. The topological polar surface area (TPSA) is 84.7 Å². The Morgan fingerprint density at radius 3 is 2.90 bits per heavy atom. The highest BCUT2D eigenvalue weighted by atomic mass is 16.5. The second-order valence-electron chi connectivity index (χ2n) is 5.34. The number of morpholine rings is 1. The van der Waals surface area contributed by atoms with Crippen molar-refractivity contribution in [3.63, 3.8) is 0 Å². The molecule has 0 aromatic carbocycles. The van der Waals surface area contributed by atoms with E-state index in [4.69, 9.17) is 9.26 Å². The first-order valence-corrected chi connectivity index (χ1v) is 7.07. The number of hydrogen-bond acceptors (Lipinski definition) is 5. The molecule has 2 heterocycles. The number of nitrogens with one attached hydrogen (secondary N) is 1. The van der Waals surface area contributed by atoms with E-state index in [1.54, 1.807) is 11.8 Å². The first-order valence-electron chi connectivity index (χ1n) is 7.07. The molecule has 1 fully saturated rings. The summed E-state index contributed by atoms with van der Waals surface area (Å²) in [6.07, 6.45) is 0.784. The molecule has 1 atom stereocenters. The summed E-state index contributed by atoms with van der Waals surface area (Å²) in [5.41, 5.74) is -0.181. The summed E-state index contributed by atoms with van der Waals surface area (Å²) in [5.74, 6) is 0.283. The molecule has 2 rings (SSSR count). The Balaban J connectivity index is 1.93. The van der Waals surface area contributed by atoms with Crippen LogP contribution in [0.1, 0.15) is 32.2 Å². The molecule has 1 saturated heterocycles. The van der Waals surface area contributed by atoms with Crippen molar-refractivity contribution in [3.8, 4) is 0 Å². The molecule has 0 saturated carbocycles. The number of carbonyl (C=O) groups excluding carboxylic acids is 2. The molecule has 0 aliphatic carbocycles. The van der Waals surface area contributed by atoms with Gasteiger partial charge in [0.15, 0.2) is 11.4 Å². The van der Waals surface area contributed by atoms with Crippen LogP contribution < -0.4 is 5.32 Å². The third-order valence-corrected chi connectivity index (χ3v) is 3.59. The van der Waals surface area contributed by atoms with E-state index in [-0.39, 0.29) is 24.9 Å². The van der Waals surface area contributed by atoms with E-state index in [1.165, 1.54) is 6.92 Å². The van der Waals surface area contributed by atoms with Gasteiger partial charge in [-0.2, -0.15) is 0 Å². The highest BCUT2D eigenvalue weighted by Crippen LogP contribution is 2.18. The van der Waals surface area contributed by atoms with Crippen LogP contribution in [0.15, 0.2) is 10.6 Å². The van der Waals surface area contributed by atoms with Crippen LogP contribution in [-0.4, -0.2) is 47.2 Å². The highest BCUT2D eigenvalue weighted by molar-refractivity contribution is 5.86. The maximum atomic E-state index is 12.3. The summed E-state index contributed by atoms with van der Waals surface area (Å²) in [5, 5.41) is 6.64. The lowest BCUT2D eigenvalue weighted by Crippen LogP contribution is -2.58. The van der Waals surface area contributed by atoms with Crippen molar-refractivity contribution in [1.29, 1.82) is 0 Å². The smallest absolute Gasteiger partial charge is 0.254 e. The molecule has 1 aromatic rings. The Labute approximate surface area is 123 Å². The predicted octanol–water partition coefficient (Wildman–Crippen LogP) is 0.491. The second kappa shape index (κ2) is 6.26. The Morgan fingerprint density at radius 1 is 1.52 bits per heavy atom. The number of aryl methyl sites for hydroxylation is 1. The fraction of sp³-hybridized carbons (Fsp3) is 0.643. The lowest BCUT2D eigenvalue weighted by molar-refractivity contribution is -0.162. The van der Waals surface area contributed by atoms with Crippen molar-refractivity contribution >= 4 is 11.8 Å². The Morgan fingerprint density at radius 2 is 2.29 bits per heavy atom. The standard InChI is InChI=1S/C14H21N3O4/c1-4-11-7-12(21-16-11)8-15-13(19)14(3)9-17(10(2)18)5-6-20-14/h7H,4-6,8-9H2,1-3H3,(H,15,19)/t14-/m0/s1. The van der Waals surface area contributed by atoms with Crippen LogP contribution in [0.3, 0.4) is 0 Å². The lowest BCUT2D eigenvalue weighted by Gasteiger charge is -2.38. The van der Waals surface area contributed by atoms with Crippen LogP contribution in [0, 0.1) is 0 Å². The van der Waals surface area contributed by atoms with Gasteiger partial charge in [0.1, 0.15) is 0 Å². The number of ether oxygens (including phenoxy) is 1. The minimum absolute atomic E-state index is 0.0554. The molecule has 0 unspecified atom stereocenters. The van der Waals surface area contributed by atoms with Gasteiger partial charge >= 0.3 is 0 Å². The van der Waals surface area contributed by atoms with Gasteiger partial charge in [0.25, 0.3) is 5.91 Å². The van der Waals surface area contributed by atoms with Crippen molar-refractivity contribution in [3.05, 3.63) is 17.5 Å². The SMILES string of the molecule is CCc1cc(CNC(=O)[C@]2(C)CN(C(C)=O)CCO2)on1. The summed E-state index contributed by atoms with van der Waals surface area (Å²) in [7, 11) is 0. The molecule has 1 aliphatic heterocycles. The predicted molar refractivity (Wildman–Crippen MR) is 74.3 cm³/mol. The lowest BCUT2D eigenvalue weighted by atomic mass is 10.0. The highest BCUT2D eigenvalue weighted by Gasteiger charge is 2.40. The maximum absolute atomic E-state index is 12.3. The van der Waals surface area contributed by atoms with Gasteiger partial charge in [0, 0.05) is 19.5 Å². The monoisotopic (exact) mass is 295 g/mol. The van der Waals surface area contributed by atoms with Crippen LogP contribution in [-0.2, 0) is 27.3 Å². The molecule has 2 amide bonds. The zero-order valence-electron chi connectivity index (χ0n) is 12.6. The van der Waals surface area contributed by atoms with Crippen LogP contribution in [0.4, 0.5) is 0 Å². The Kier molecular flexibility index (Phi) is 4.62. The first kappa shape index (κ1) is 15.5. The molecular weight excluding hydrogens is 274 g/mol. The summed E-state index contributed by atoms with van der Waals surface area (Å²) >= 11 is 0. The third-order valence-electron chi connectivity index (χ3n) is 3.59. The largest absolute Gasteiger partial charge is 0.362 e. The van der Waals surface area contributed by atoms with Crippen molar-refractivity contribution in [2.45, 2.75) is 39.3 Å². The van der Waals surface area contributed by atoms with Gasteiger partial charge in [0.05, 0.1) is 25.4 Å². The average molecular weight is 295 g/mol. The van der Waals surface area contributed by atoms with E-state index in [9.17, 15) is 9.59 Å². The van der Waals surface area contributed by atoms with Crippen molar-refractivity contribution in [2.75, 3.05) is 19.7 Å². The molecule has 7 heteroatoms. The number of hydrogen-bond donors (Lipinski definition) is 1. The van der Waals surface area contributed by atoms with Gasteiger partial charge in [-0.05, 0) is 13.3 Å². The minimum atomic E-state index is -1.03. The van der Waals surface area contributed by atoms with E-state index in [0.717, 1.165) is 12.1 Å². The molecule has 0 bridgehead atoms. The van der Waals surface area contributed by atoms with Gasteiger partial charge in [0.2, 0.25) is 5.91 Å². The van der Waals surface area contributed by atoms with Crippen LogP contribution in [0.5, 0.6) is 0 Å². The van der Waals surface area contributed by atoms with Gasteiger partial charge in [-0.15, -0.1) is 0 Å². The minimum Gasteiger partial charge on any atom is -0.362 e. The molecule has 116 valence electrons. The van der Waals surface area contributed by atoms with Gasteiger partial charge < -0.3 is 19.5 Å². The molecular formula is C14H21N3O4. The number of carbonyl (C=O) groups is 2. The molecule has 1 aromatic heterocycles. The van der Waals surface area contributed by atoms with Crippen molar-refractivity contribution in [2.24, 2.45) is 0 Å². The van der Waals surface area contributed by atoms with Crippen LogP contribution in [0.2, 0.25) is 0 Å². The van der Waals surface area contributed by atoms with E-state index in [0.29, 0.717) is 18.9 Å². The number of rotatable bonds is 4. The zero-order chi connectivity index (χ0) is 15.5. The summed E-state index contributed by atoms with van der Waals surface area (Å²) in [4.78, 5) is 25.4. The number of nitrogens with zero attached hydrogens (tertiary/aromatic N) is 2. The maximum Gasteiger partial charge on any atom is 0.254 e. The zero-order valence-corrected chi connectivity index (χ0v) is 12.6. The average Bonchev–Trinajstić information content (AvgIpc) is 2.92. The normalized spacial score (nSPS) is 22.1. The van der Waals surface area contributed by atoms with E-state index in [1.807, 2.05) is 13.0 Å². The van der Waals surface area contributed by atoms with Crippen LogP contribution >= 0.6 is 0 Å².